The molecule has 1 aliphatic rings. The van der Waals surface area contributed by atoms with E-state index in [-0.39, 0.29) is 5.54 Å². The SMILES string of the molecule is Cc1ccc(C2(N)CCC(C)C2)cn1. The van der Waals surface area contributed by atoms with Gasteiger partial charge in [-0.25, -0.2) is 0 Å². The third-order valence-electron chi connectivity index (χ3n) is 3.28. The molecule has 2 atom stereocenters. The van der Waals surface area contributed by atoms with E-state index < -0.39 is 0 Å². The van der Waals surface area contributed by atoms with Gasteiger partial charge in [0.05, 0.1) is 0 Å². The Labute approximate surface area is 85.5 Å². The Bertz CT molecular complexity index is 318. The second-order valence-corrected chi connectivity index (χ2v) is 4.69. The van der Waals surface area contributed by atoms with Crippen molar-refractivity contribution in [3.63, 3.8) is 0 Å². The summed E-state index contributed by atoms with van der Waals surface area (Å²) in [5, 5.41) is 0. The highest BCUT2D eigenvalue weighted by Gasteiger charge is 2.35. The van der Waals surface area contributed by atoms with Crippen molar-refractivity contribution in [2.45, 2.75) is 38.6 Å². The van der Waals surface area contributed by atoms with Crippen molar-refractivity contribution in [2.24, 2.45) is 11.7 Å². The van der Waals surface area contributed by atoms with Crippen LogP contribution in [0, 0.1) is 12.8 Å². The molecule has 1 heterocycles. The van der Waals surface area contributed by atoms with Crippen molar-refractivity contribution in [1.29, 1.82) is 0 Å². The van der Waals surface area contributed by atoms with Crippen LogP contribution < -0.4 is 5.73 Å². The molecule has 0 amide bonds. The maximum Gasteiger partial charge on any atom is 0.0427 e. The van der Waals surface area contributed by atoms with Crippen LogP contribution in [0.1, 0.15) is 37.4 Å². The minimum absolute atomic E-state index is 0.111. The lowest BCUT2D eigenvalue weighted by Crippen LogP contribution is -2.33. The Hall–Kier alpha value is -0.890. The molecule has 0 aromatic carbocycles. The molecule has 1 fully saturated rings. The third-order valence-corrected chi connectivity index (χ3v) is 3.28. The quantitative estimate of drug-likeness (QED) is 0.738. The Balaban J connectivity index is 2.26. The van der Waals surface area contributed by atoms with Crippen LogP contribution in [-0.4, -0.2) is 4.98 Å². The van der Waals surface area contributed by atoms with E-state index in [1.54, 1.807) is 0 Å². The number of nitrogens with two attached hydrogens (primary N) is 1. The zero-order valence-corrected chi connectivity index (χ0v) is 8.96. The summed E-state index contributed by atoms with van der Waals surface area (Å²) in [7, 11) is 0. The monoisotopic (exact) mass is 190 g/mol. The van der Waals surface area contributed by atoms with Crippen LogP contribution >= 0.6 is 0 Å². The van der Waals surface area contributed by atoms with Crippen molar-refractivity contribution < 1.29 is 0 Å². The van der Waals surface area contributed by atoms with E-state index in [0.29, 0.717) is 0 Å². The van der Waals surface area contributed by atoms with E-state index in [1.165, 1.54) is 12.0 Å². The average Bonchev–Trinajstić information content (AvgIpc) is 2.48. The minimum atomic E-state index is -0.111. The van der Waals surface area contributed by atoms with Gasteiger partial charge >= 0.3 is 0 Å². The summed E-state index contributed by atoms with van der Waals surface area (Å²) in [5.41, 5.74) is 8.53. The minimum Gasteiger partial charge on any atom is -0.321 e. The number of nitrogens with zero attached hydrogens (tertiary/aromatic N) is 1. The molecule has 0 bridgehead atoms. The Morgan fingerprint density at radius 2 is 2.29 bits per heavy atom. The number of hydrogen-bond donors (Lipinski definition) is 1. The smallest absolute Gasteiger partial charge is 0.0427 e. The lowest BCUT2D eigenvalue weighted by atomic mass is 9.90. The van der Waals surface area contributed by atoms with E-state index in [2.05, 4.69) is 18.0 Å². The van der Waals surface area contributed by atoms with Gasteiger partial charge in [-0.1, -0.05) is 13.0 Å². The molecule has 0 radical (unpaired) electrons. The zero-order chi connectivity index (χ0) is 10.2. The van der Waals surface area contributed by atoms with Crippen molar-refractivity contribution in [2.75, 3.05) is 0 Å². The number of rotatable bonds is 1. The van der Waals surface area contributed by atoms with Crippen molar-refractivity contribution in [3.05, 3.63) is 29.6 Å². The average molecular weight is 190 g/mol. The molecule has 1 aliphatic carbocycles. The Kier molecular flexibility index (Phi) is 2.31. The zero-order valence-electron chi connectivity index (χ0n) is 8.96. The number of aromatic nitrogens is 1. The number of aryl methyl sites for hydroxylation is 1. The predicted octanol–water partition coefficient (Wildman–Crippen LogP) is 2.36. The molecule has 0 spiro atoms. The summed E-state index contributed by atoms with van der Waals surface area (Å²) in [6.45, 7) is 4.28. The van der Waals surface area contributed by atoms with Crippen LogP contribution in [0.5, 0.6) is 0 Å². The predicted molar refractivity (Wildman–Crippen MR) is 57.9 cm³/mol. The maximum absolute atomic E-state index is 6.38. The molecule has 2 heteroatoms. The first-order chi connectivity index (χ1) is 6.60. The largest absolute Gasteiger partial charge is 0.321 e. The number of hydrogen-bond acceptors (Lipinski definition) is 2. The molecule has 76 valence electrons. The summed E-state index contributed by atoms with van der Waals surface area (Å²) in [6, 6.07) is 4.17. The van der Waals surface area contributed by atoms with E-state index in [0.717, 1.165) is 24.5 Å². The highest BCUT2D eigenvalue weighted by Crippen LogP contribution is 2.39. The molecular weight excluding hydrogens is 172 g/mol. The molecule has 0 aliphatic heterocycles. The highest BCUT2D eigenvalue weighted by molar-refractivity contribution is 5.23. The molecule has 1 aromatic heterocycles. The first-order valence-corrected chi connectivity index (χ1v) is 5.32. The van der Waals surface area contributed by atoms with Gasteiger partial charge in [0, 0.05) is 17.4 Å². The van der Waals surface area contributed by atoms with Crippen LogP contribution in [0.4, 0.5) is 0 Å². The summed E-state index contributed by atoms with van der Waals surface area (Å²) >= 11 is 0. The fraction of sp³-hybridized carbons (Fsp3) is 0.583. The molecular formula is C12H18N2. The summed E-state index contributed by atoms with van der Waals surface area (Å²) in [6.07, 6.45) is 5.37. The van der Waals surface area contributed by atoms with E-state index >= 15 is 0 Å². The molecule has 0 saturated heterocycles. The van der Waals surface area contributed by atoms with Crippen LogP contribution in [0.2, 0.25) is 0 Å². The van der Waals surface area contributed by atoms with Crippen molar-refractivity contribution in [3.8, 4) is 0 Å². The fourth-order valence-electron chi connectivity index (χ4n) is 2.35. The van der Waals surface area contributed by atoms with Gasteiger partial charge in [0.2, 0.25) is 0 Å². The van der Waals surface area contributed by atoms with Crippen LogP contribution in [0.15, 0.2) is 18.3 Å². The molecule has 14 heavy (non-hydrogen) atoms. The topological polar surface area (TPSA) is 38.9 Å². The van der Waals surface area contributed by atoms with Gasteiger partial charge in [-0.3, -0.25) is 4.98 Å². The van der Waals surface area contributed by atoms with Gasteiger partial charge in [0.15, 0.2) is 0 Å². The van der Waals surface area contributed by atoms with E-state index in [4.69, 9.17) is 5.73 Å². The maximum atomic E-state index is 6.38. The molecule has 2 unspecified atom stereocenters. The van der Waals surface area contributed by atoms with E-state index in [1.807, 2.05) is 19.2 Å². The fourth-order valence-corrected chi connectivity index (χ4v) is 2.35. The van der Waals surface area contributed by atoms with Gasteiger partial charge in [-0.05, 0) is 43.7 Å². The highest BCUT2D eigenvalue weighted by atomic mass is 14.8. The van der Waals surface area contributed by atoms with Gasteiger partial charge in [-0.15, -0.1) is 0 Å². The third kappa shape index (κ3) is 1.67. The van der Waals surface area contributed by atoms with Crippen molar-refractivity contribution >= 4 is 0 Å². The summed E-state index contributed by atoms with van der Waals surface area (Å²) < 4.78 is 0. The molecule has 2 N–H and O–H groups in total. The normalized spacial score (nSPS) is 32.1. The number of pyridine rings is 1. The first kappa shape index (κ1) is 9.66. The summed E-state index contributed by atoms with van der Waals surface area (Å²) in [4.78, 5) is 4.31. The van der Waals surface area contributed by atoms with Crippen LogP contribution in [-0.2, 0) is 5.54 Å². The van der Waals surface area contributed by atoms with Gasteiger partial charge in [0.1, 0.15) is 0 Å². The lowest BCUT2D eigenvalue weighted by Gasteiger charge is -2.24. The van der Waals surface area contributed by atoms with Crippen LogP contribution in [0.3, 0.4) is 0 Å². The Morgan fingerprint density at radius 1 is 1.50 bits per heavy atom. The molecule has 2 rings (SSSR count). The second-order valence-electron chi connectivity index (χ2n) is 4.69. The van der Waals surface area contributed by atoms with E-state index in [9.17, 15) is 0 Å². The van der Waals surface area contributed by atoms with Crippen LogP contribution in [0.25, 0.3) is 0 Å². The lowest BCUT2D eigenvalue weighted by molar-refractivity contribution is 0.439. The summed E-state index contributed by atoms with van der Waals surface area (Å²) in [5.74, 6) is 0.751. The first-order valence-electron chi connectivity index (χ1n) is 5.32. The molecule has 1 aromatic rings. The van der Waals surface area contributed by atoms with Gasteiger partial charge < -0.3 is 5.73 Å². The molecule has 1 saturated carbocycles. The second kappa shape index (κ2) is 3.35. The van der Waals surface area contributed by atoms with Crippen molar-refractivity contribution in [1.82, 2.24) is 4.98 Å². The Morgan fingerprint density at radius 3 is 2.79 bits per heavy atom. The standard InChI is InChI=1S/C12H18N2/c1-9-5-6-12(13,7-9)11-4-3-10(2)14-8-11/h3-4,8-9H,5-7,13H2,1-2H3. The van der Waals surface area contributed by atoms with Gasteiger partial charge in [-0.2, -0.15) is 0 Å². The molecule has 2 nitrogen and oxygen atoms in total. The van der Waals surface area contributed by atoms with Gasteiger partial charge in [0.25, 0.3) is 0 Å².